The third-order valence-corrected chi connectivity index (χ3v) is 3.98. The van der Waals surface area contributed by atoms with E-state index in [1.807, 2.05) is 0 Å². The number of hydrogen-bond acceptors (Lipinski definition) is 4. The quantitative estimate of drug-likeness (QED) is 0.457. The van der Waals surface area contributed by atoms with E-state index < -0.39 is 5.91 Å². The third kappa shape index (κ3) is 5.03. The van der Waals surface area contributed by atoms with Gasteiger partial charge in [-0.05, 0) is 42.8 Å². The molecule has 1 amide bonds. The molecule has 5 nitrogen and oxygen atoms in total. The lowest BCUT2D eigenvalue weighted by Crippen LogP contribution is -2.25. The number of amides is 1. The van der Waals surface area contributed by atoms with Crippen LogP contribution in [-0.2, 0) is 4.79 Å². The second-order valence-corrected chi connectivity index (χ2v) is 5.99. The van der Waals surface area contributed by atoms with Crippen LogP contribution in [0.2, 0.25) is 15.1 Å². The fourth-order valence-corrected chi connectivity index (χ4v) is 2.30. The van der Waals surface area contributed by atoms with Crippen molar-refractivity contribution in [2.24, 2.45) is 5.10 Å². The Morgan fingerprint density at radius 1 is 1.12 bits per heavy atom. The SMILES string of the molecule is C/C(=N\NC(=O)COc1cc(Cl)c(Cl)cc1Cl)c1ccc(O)cc1. The third-order valence-electron chi connectivity index (χ3n) is 2.97. The number of phenols is 1. The van der Waals surface area contributed by atoms with Crippen molar-refractivity contribution in [2.45, 2.75) is 6.92 Å². The van der Waals surface area contributed by atoms with Gasteiger partial charge in [0.15, 0.2) is 6.61 Å². The summed E-state index contributed by atoms with van der Waals surface area (Å²) in [6.07, 6.45) is 0. The van der Waals surface area contributed by atoms with Crippen LogP contribution >= 0.6 is 34.8 Å². The maximum atomic E-state index is 11.8. The van der Waals surface area contributed by atoms with Crippen molar-refractivity contribution < 1.29 is 14.6 Å². The maximum absolute atomic E-state index is 11.8. The van der Waals surface area contributed by atoms with Gasteiger partial charge in [-0.15, -0.1) is 0 Å². The number of aromatic hydroxyl groups is 1. The van der Waals surface area contributed by atoms with Crippen molar-refractivity contribution in [2.75, 3.05) is 6.61 Å². The van der Waals surface area contributed by atoms with E-state index in [-0.39, 0.29) is 28.2 Å². The second kappa shape index (κ2) is 8.24. The van der Waals surface area contributed by atoms with Crippen LogP contribution in [0.3, 0.4) is 0 Å². The monoisotopic (exact) mass is 386 g/mol. The molecule has 0 aromatic heterocycles. The summed E-state index contributed by atoms with van der Waals surface area (Å²) in [6.45, 7) is 1.44. The Morgan fingerprint density at radius 2 is 1.75 bits per heavy atom. The number of halogens is 3. The van der Waals surface area contributed by atoms with Crippen LogP contribution in [0.5, 0.6) is 11.5 Å². The fourth-order valence-electron chi connectivity index (χ4n) is 1.70. The molecule has 24 heavy (non-hydrogen) atoms. The molecule has 0 spiro atoms. The minimum absolute atomic E-state index is 0.155. The summed E-state index contributed by atoms with van der Waals surface area (Å²) < 4.78 is 5.30. The van der Waals surface area contributed by atoms with Gasteiger partial charge in [-0.3, -0.25) is 4.79 Å². The Labute approximate surface area is 153 Å². The molecule has 2 rings (SSSR count). The van der Waals surface area contributed by atoms with E-state index >= 15 is 0 Å². The van der Waals surface area contributed by atoms with Crippen molar-refractivity contribution >= 4 is 46.4 Å². The molecule has 0 unspecified atom stereocenters. The molecule has 0 atom stereocenters. The van der Waals surface area contributed by atoms with Crippen LogP contribution < -0.4 is 10.2 Å². The van der Waals surface area contributed by atoms with Gasteiger partial charge in [0.1, 0.15) is 11.5 Å². The largest absolute Gasteiger partial charge is 0.508 e. The fraction of sp³-hybridized carbons (Fsp3) is 0.125. The number of carbonyl (C=O) groups is 1. The Morgan fingerprint density at radius 3 is 2.42 bits per heavy atom. The van der Waals surface area contributed by atoms with Gasteiger partial charge >= 0.3 is 0 Å². The van der Waals surface area contributed by atoms with Gasteiger partial charge in [-0.1, -0.05) is 34.8 Å². The number of ether oxygens (including phenoxy) is 1. The number of nitrogens with one attached hydrogen (secondary N) is 1. The smallest absolute Gasteiger partial charge is 0.277 e. The molecule has 0 heterocycles. The molecule has 126 valence electrons. The second-order valence-electron chi connectivity index (χ2n) is 4.76. The number of hydrazone groups is 1. The zero-order valence-electron chi connectivity index (χ0n) is 12.5. The first-order valence-electron chi connectivity index (χ1n) is 6.76. The van der Waals surface area contributed by atoms with Crippen LogP contribution in [0.25, 0.3) is 0 Å². The summed E-state index contributed by atoms with van der Waals surface area (Å²) in [5, 5.41) is 14.0. The summed E-state index contributed by atoms with van der Waals surface area (Å²) in [4.78, 5) is 11.8. The lowest BCUT2D eigenvalue weighted by Gasteiger charge is -2.08. The van der Waals surface area contributed by atoms with Gasteiger partial charge in [-0.2, -0.15) is 5.10 Å². The number of benzene rings is 2. The first kappa shape index (κ1) is 18.4. The minimum Gasteiger partial charge on any atom is -0.508 e. The van der Waals surface area contributed by atoms with Crippen LogP contribution in [0.15, 0.2) is 41.5 Å². The Hall–Kier alpha value is -1.95. The average molecular weight is 388 g/mol. The van der Waals surface area contributed by atoms with Crippen LogP contribution in [0.4, 0.5) is 0 Å². The molecule has 0 aliphatic rings. The first-order chi connectivity index (χ1) is 11.4. The van der Waals surface area contributed by atoms with Crippen molar-refractivity contribution in [3.05, 3.63) is 57.0 Å². The van der Waals surface area contributed by atoms with Crippen molar-refractivity contribution in [1.82, 2.24) is 5.43 Å². The molecule has 0 fully saturated rings. The topological polar surface area (TPSA) is 70.9 Å². The minimum atomic E-state index is -0.463. The summed E-state index contributed by atoms with van der Waals surface area (Å²) in [6, 6.07) is 9.31. The molecule has 0 aliphatic heterocycles. The maximum Gasteiger partial charge on any atom is 0.277 e. The van der Waals surface area contributed by atoms with Gasteiger partial charge in [0.25, 0.3) is 5.91 Å². The van der Waals surface area contributed by atoms with Gasteiger partial charge in [0, 0.05) is 6.07 Å². The normalized spacial score (nSPS) is 11.2. The Bertz CT molecular complexity index is 777. The van der Waals surface area contributed by atoms with Gasteiger partial charge in [0.2, 0.25) is 0 Å². The molecule has 0 aliphatic carbocycles. The Balaban J connectivity index is 1.93. The standard InChI is InChI=1S/C16H13Cl3N2O3/c1-9(10-2-4-11(22)5-3-10)20-21-16(23)8-24-15-7-13(18)12(17)6-14(15)19/h2-7,22H,8H2,1H3,(H,21,23)/b20-9+. The predicted octanol–water partition coefficient (Wildman–Crippen LogP) is 4.27. The van der Waals surface area contributed by atoms with E-state index in [1.54, 1.807) is 19.1 Å². The van der Waals surface area contributed by atoms with E-state index in [0.29, 0.717) is 10.7 Å². The molecule has 2 aromatic carbocycles. The summed E-state index contributed by atoms with van der Waals surface area (Å²) in [5.41, 5.74) is 3.72. The number of phenolic OH excluding ortho intramolecular Hbond substituents is 1. The first-order valence-corrected chi connectivity index (χ1v) is 7.90. The van der Waals surface area contributed by atoms with Crippen LogP contribution in [0.1, 0.15) is 12.5 Å². The average Bonchev–Trinajstić information content (AvgIpc) is 2.55. The highest BCUT2D eigenvalue weighted by Gasteiger charge is 2.09. The van der Waals surface area contributed by atoms with E-state index in [9.17, 15) is 9.90 Å². The van der Waals surface area contributed by atoms with Gasteiger partial charge < -0.3 is 9.84 Å². The van der Waals surface area contributed by atoms with E-state index in [4.69, 9.17) is 39.5 Å². The van der Waals surface area contributed by atoms with E-state index in [0.717, 1.165) is 5.56 Å². The molecular formula is C16H13Cl3N2O3. The van der Waals surface area contributed by atoms with Gasteiger partial charge in [0.05, 0.1) is 20.8 Å². The molecule has 0 radical (unpaired) electrons. The number of carbonyl (C=O) groups excluding carboxylic acids is 1. The highest BCUT2D eigenvalue weighted by atomic mass is 35.5. The molecule has 2 N–H and O–H groups in total. The molecule has 0 saturated carbocycles. The predicted molar refractivity (Wildman–Crippen MR) is 95.4 cm³/mol. The van der Waals surface area contributed by atoms with Gasteiger partial charge in [-0.25, -0.2) is 5.43 Å². The molecule has 8 heteroatoms. The lowest BCUT2D eigenvalue weighted by atomic mass is 10.1. The number of nitrogens with zero attached hydrogens (tertiary/aromatic N) is 1. The van der Waals surface area contributed by atoms with Crippen molar-refractivity contribution in [1.29, 1.82) is 0 Å². The zero-order chi connectivity index (χ0) is 17.7. The summed E-state index contributed by atoms with van der Waals surface area (Å²) >= 11 is 17.6. The highest BCUT2D eigenvalue weighted by molar-refractivity contribution is 6.43. The molecule has 2 aromatic rings. The van der Waals surface area contributed by atoms with E-state index in [1.165, 1.54) is 24.3 Å². The molecular weight excluding hydrogens is 375 g/mol. The summed E-state index contributed by atoms with van der Waals surface area (Å²) in [5.74, 6) is -0.0572. The zero-order valence-corrected chi connectivity index (χ0v) is 14.8. The lowest BCUT2D eigenvalue weighted by molar-refractivity contribution is -0.123. The van der Waals surface area contributed by atoms with Crippen molar-refractivity contribution in [3.8, 4) is 11.5 Å². The van der Waals surface area contributed by atoms with Crippen molar-refractivity contribution in [3.63, 3.8) is 0 Å². The molecule has 0 bridgehead atoms. The van der Waals surface area contributed by atoms with Crippen LogP contribution in [-0.4, -0.2) is 23.3 Å². The molecule has 0 saturated heterocycles. The highest BCUT2D eigenvalue weighted by Crippen LogP contribution is 2.33. The van der Waals surface area contributed by atoms with E-state index in [2.05, 4.69) is 10.5 Å². The van der Waals surface area contributed by atoms with Crippen LogP contribution in [0, 0.1) is 0 Å². The Kier molecular flexibility index (Phi) is 6.31. The number of rotatable bonds is 5. The number of hydrogen-bond donors (Lipinski definition) is 2. The summed E-state index contributed by atoms with van der Waals surface area (Å²) in [7, 11) is 0.